The van der Waals surface area contributed by atoms with Crippen molar-refractivity contribution in [1.82, 2.24) is 14.9 Å². The molecule has 1 aromatic rings. The number of hydrogen-bond donors (Lipinski definition) is 0. The summed E-state index contributed by atoms with van der Waals surface area (Å²) >= 11 is 0. The van der Waals surface area contributed by atoms with Gasteiger partial charge in [0.15, 0.2) is 0 Å². The summed E-state index contributed by atoms with van der Waals surface area (Å²) in [5.41, 5.74) is 0.525. The van der Waals surface area contributed by atoms with Crippen molar-refractivity contribution in [3.8, 4) is 0 Å². The normalized spacial score (nSPS) is 25.2. The summed E-state index contributed by atoms with van der Waals surface area (Å²) in [5, 5.41) is 7.61. The quantitative estimate of drug-likeness (QED) is 0.751. The van der Waals surface area contributed by atoms with Gasteiger partial charge < -0.3 is 0 Å². The minimum absolute atomic E-state index is 0.0600. The van der Waals surface area contributed by atoms with Crippen molar-refractivity contribution in [2.45, 2.75) is 51.3 Å². The van der Waals surface area contributed by atoms with Gasteiger partial charge in [0.05, 0.1) is 0 Å². The molecule has 1 fully saturated rings. The molecule has 1 saturated carbocycles. The van der Waals surface area contributed by atoms with Crippen molar-refractivity contribution in [1.29, 1.82) is 0 Å². The van der Waals surface area contributed by atoms with E-state index in [1.165, 1.54) is 24.6 Å². The standard InChI is InChI=1S/C11H18B3FN3/c1-9-4-2-6-10(7-3-5-9)14(15)18-8-11(13-12)16-17-18/h8-10H,2-7H2,1H3. The zero-order chi connectivity index (χ0) is 13.0. The SMILES string of the molecule is [B][B]c1cn(B(F)C2CCCC(C)CCC2)nn1. The van der Waals surface area contributed by atoms with Crippen LogP contribution in [0.2, 0.25) is 5.82 Å². The average molecular weight is 244 g/mol. The predicted octanol–water partition coefficient (Wildman–Crippen LogP) is 1.36. The lowest BCUT2D eigenvalue weighted by Crippen LogP contribution is -2.28. The van der Waals surface area contributed by atoms with Gasteiger partial charge in [-0.05, 0) is 11.7 Å². The van der Waals surface area contributed by atoms with E-state index in [-0.39, 0.29) is 5.82 Å². The van der Waals surface area contributed by atoms with Crippen LogP contribution in [0.3, 0.4) is 0 Å². The molecular weight excluding hydrogens is 226 g/mol. The first-order valence-electron chi connectivity index (χ1n) is 6.81. The minimum atomic E-state index is -1.07. The molecule has 1 aromatic heterocycles. The lowest BCUT2D eigenvalue weighted by molar-refractivity contribution is 0.394. The molecule has 0 atom stereocenters. The molecule has 0 N–H and O–H groups in total. The Bertz CT molecular complexity index is 364. The van der Waals surface area contributed by atoms with Crippen molar-refractivity contribution in [2.75, 3.05) is 0 Å². The molecule has 1 aliphatic rings. The molecule has 93 valence electrons. The van der Waals surface area contributed by atoms with E-state index >= 15 is 0 Å². The third-order valence-corrected chi connectivity index (χ3v) is 3.88. The second-order valence-electron chi connectivity index (χ2n) is 5.39. The van der Waals surface area contributed by atoms with Crippen molar-refractivity contribution in [3.05, 3.63) is 6.20 Å². The molecule has 0 aromatic carbocycles. The highest BCUT2D eigenvalue weighted by Crippen LogP contribution is 2.31. The van der Waals surface area contributed by atoms with E-state index in [4.69, 9.17) is 7.74 Å². The van der Waals surface area contributed by atoms with Crippen LogP contribution in [0.25, 0.3) is 0 Å². The smallest absolute Gasteiger partial charge is 0.300 e. The van der Waals surface area contributed by atoms with Gasteiger partial charge in [-0.25, -0.2) is 0 Å². The fourth-order valence-electron chi connectivity index (χ4n) is 2.72. The maximum Gasteiger partial charge on any atom is 0.485 e. The van der Waals surface area contributed by atoms with Crippen LogP contribution in [0, 0.1) is 5.92 Å². The Labute approximate surface area is 111 Å². The molecule has 3 nitrogen and oxygen atoms in total. The largest absolute Gasteiger partial charge is 0.485 e. The minimum Gasteiger partial charge on any atom is -0.300 e. The topological polar surface area (TPSA) is 30.7 Å². The third-order valence-electron chi connectivity index (χ3n) is 3.88. The summed E-state index contributed by atoms with van der Waals surface area (Å²) in [6.07, 6.45) is 8.09. The van der Waals surface area contributed by atoms with Gasteiger partial charge in [-0.15, -0.1) is 5.10 Å². The van der Waals surface area contributed by atoms with Crippen LogP contribution >= 0.6 is 0 Å². The van der Waals surface area contributed by atoms with Crippen molar-refractivity contribution in [3.63, 3.8) is 0 Å². The van der Waals surface area contributed by atoms with Crippen LogP contribution in [-0.4, -0.2) is 36.9 Å². The Kier molecular flexibility index (Phi) is 4.90. The third kappa shape index (κ3) is 3.39. The van der Waals surface area contributed by atoms with Gasteiger partial charge in [-0.2, -0.15) is 0 Å². The highest BCUT2D eigenvalue weighted by molar-refractivity contribution is 6.97. The van der Waals surface area contributed by atoms with Crippen molar-refractivity contribution >= 4 is 27.6 Å². The van der Waals surface area contributed by atoms with E-state index in [0.29, 0.717) is 5.59 Å². The fraction of sp³-hybridized carbons (Fsp3) is 0.818. The highest BCUT2D eigenvalue weighted by Gasteiger charge is 2.31. The molecule has 0 spiro atoms. The molecule has 1 aliphatic carbocycles. The highest BCUT2D eigenvalue weighted by atomic mass is 19.1. The first-order valence-corrected chi connectivity index (χ1v) is 6.81. The summed E-state index contributed by atoms with van der Waals surface area (Å²) in [7, 11) is 5.61. The van der Waals surface area contributed by atoms with E-state index in [1.807, 2.05) is 0 Å². The summed E-state index contributed by atoms with van der Waals surface area (Å²) in [6.45, 7) is 2.29. The first-order chi connectivity index (χ1) is 8.70. The first kappa shape index (κ1) is 13.7. The van der Waals surface area contributed by atoms with Crippen LogP contribution in [0.5, 0.6) is 0 Å². The summed E-state index contributed by atoms with van der Waals surface area (Å²) < 4.78 is 15.7. The lowest BCUT2D eigenvalue weighted by Gasteiger charge is -2.22. The van der Waals surface area contributed by atoms with Gasteiger partial charge in [0.25, 0.3) is 0 Å². The van der Waals surface area contributed by atoms with Gasteiger partial charge in [-0.1, -0.05) is 50.7 Å². The predicted molar refractivity (Wildman–Crippen MR) is 74.0 cm³/mol. The number of nitrogens with zero attached hydrogens (tertiary/aromatic N) is 3. The van der Waals surface area contributed by atoms with Crippen LogP contribution in [0.4, 0.5) is 4.32 Å². The average Bonchev–Trinajstić information content (AvgIpc) is 2.81. The van der Waals surface area contributed by atoms with Gasteiger partial charge in [0.1, 0.15) is 7.17 Å². The Morgan fingerprint density at radius 1 is 1.39 bits per heavy atom. The van der Waals surface area contributed by atoms with Gasteiger partial charge in [0.2, 0.25) is 0 Å². The van der Waals surface area contributed by atoms with Gasteiger partial charge >= 0.3 is 7.12 Å². The van der Waals surface area contributed by atoms with Crippen LogP contribution < -0.4 is 5.59 Å². The second-order valence-corrected chi connectivity index (χ2v) is 5.39. The maximum absolute atomic E-state index is 14.4. The molecule has 7 heteroatoms. The monoisotopic (exact) mass is 244 g/mol. The van der Waals surface area contributed by atoms with E-state index < -0.39 is 7.12 Å². The zero-order valence-electron chi connectivity index (χ0n) is 10.9. The molecule has 0 unspecified atom stereocenters. The summed E-state index contributed by atoms with van der Waals surface area (Å²) in [4.78, 5) is 0. The van der Waals surface area contributed by atoms with Gasteiger partial charge in [0, 0.05) is 19.5 Å². The Balaban J connectivity index is 1.96. The molecule has 0 bridgehead atoms. The Hall–Kier alpha value is -0.735. The number of halogens is 1. The molecule has 1 heterocycles. The number of rotatable bonds is 3. The molecule has 0 aliphatic heterocycles. The zero-order valence-corrected chi connectivity index (χ0v) is 10.9. The lowest BCUT2D eigenvalue weighted by atomic mass is 9.54. The molecule has 18 heavy (non-hydrogen) atoms. The second kappa shape index (κ2) is 6.44. The fourth-order valence-corrected chi connectivity index (χ4v) is 2.72. The van der Waals surface area contributed by atoms with E-state index in [9.17, 15) is 4.32 Å². The maximum atomic E-state index is 14.4. The summed E-state index contributed by atoms with van der Waals surface area (Å²) in [6, 6.07) is 0. The van der Waals surface area contributed by atoms with Crippen molar-refractivity contribution in [2.24, 2.45) is 5.92 Å². The molecule has 2 rings (SSSR count). The van der Waals surface area contributed by atoms with Gasteiger partial charge in [-0.3, -0.25) is 8.91 Å². The van der Waals surface area contributed by atoms with Crippen LogP contribution in [0.15, 0.2) is 6.20 Å². The molecular formula is C11H18B3FN3. The van der Waals surface area contributed by atoms with E-state index in [2.05, 4.69) is 17.2 Å². The summed E-state index contributed by atoms with van der Waals surface area (Å²) in [5.74, 6) is 0.846. The molecule has 3 radical (unpaired) electrons. The molecule has 0 amide bonds. The number of aromatic nitrogens is 3. The molecule has 0 saturated heterocycles. The van der Waals surface area contributed by atoms with E-state index in [0.717, 1.165) is 31.6 Å². The number of hydrogen-bond acceptors (Lipinski definition) is 2. The Morgan fingerprint density at radius 2 is 2.06 bits per heavy atom. The Morgan fingerprint density at radius 3 is 2.61 bits per heavy atom. The van der Waals surface area contributed by atoms with Crippen LogP contribution in [0.1, 0.15) is 45.4 Å². The van der Waals surface area contributed by atoms with E-state index in [1.54, 1.807) is 6.20 Å². The van der Waals surface area contributed by atoms with Crippen molar-refractivity contribution < 1.29 is 4.32 Å². The van der Waals surface area contributed by atoms with Crippen LogP contribution in [-0.2, 0) is 0 Å².